The van der Waals surface area contributed by atoms with Crippen LogP contribution in [0.3, 0.4) is 0 Å². The molecule has 0 unspecified atom stereocenters. The summed E-state index contributed by atoms with van der Waals surface area (Å²) in [5.41, 5.74) is -0.00592. The van der Waals surface area contributed by atoms with Crippen molar-refractivity contribution in [3.63, 3.8) is 0 Å². The first-order chi connectivity index (χ1) is 10.6. The molecule has 1 aliphatic rings. The van der Waals surface area contributed by atoms with E-state index in [4.69, 9.17) is 4.74 Å². The molecular weight excluding hydrogens is 289 g/mol. The van der Waals surface area contributed by atoms with E-state index >= 15 is 0 Å². The molecular formula is C15H16FN3O3. The van der Waals surface area contributed by atoms with E-state index < -0.39 is 11.4 Å². The summed E-state index contributed by atoms with van der Waals surface area (Å²) in [6, 6.07) is 3.81. The van der Waals surface area contributed by atoms with Gasteiger partial charge in [-0.1, -0.05) is 0 Å². The van der Waals surface area contributed by atoms with Crippen molar-refractivity contribution in [3.05, 3.63) is 40.7 Å². The molecule has 1 fully saturated rings. The van der Waals surface area contributed by atoms with Crippen molar-refractivity contribution in [2.24, 2.45) is 0 Å². The topological polar surface area (TPSA) is 64.4 Å². The smallest absolute Gasteiger partial charge is 0.261 e. The van der Waals surface area contributed by atoms with Crippen LogP contribution in [0.2, 0.25) is 0 Å². The zero-order chi connectivity index (χ0) is 15.7. The van der Waals surface area contributed by atoms with Crippen LogP contribution in [-0.2, 0) is 16.1 Å². The van der Waals surface area contributed by atoms with Crippen LogP contribution in [0.25, 0.3) is 10.9 Å². The summed E-state index contributed by atoms with van der Waals surface area (Å²) in [6.45, 7) is 3.27. The Morgan fingerprint density at radius 3 is 3.09 bits per heavy atom. The number of carbonyl (C=O) groups excluding carboxylic acids is 1. The van der Waals surface area contributed by atoms with Gasteiger partial charge in [-0.2, -0.15) is 0 Å². The van der Waals surface area contributed by atoms with Crippen molar-refractivity contribution in [3.8, 4) is 0 Å². The maximum Gasteiger partial charge on any atom is 0.261 e. The van der Waals surface area contributed by atoms with Crippen LogP contribution < -0.4 is 5.56 Å². The summed E-state index contributed by atoms with van der Waals surface area (Å²) >= 11 is 0. The van der Waals surface area contributed by atoms with Gasteiger partial charge < -0.3 is 9.64 Å². The largest absolute Gasteiger partial charge is 0.377 e. The Bertz CT molecular complexity index is 774. The van der Waals surface area contributed by atoms with E-state index in [1.54, 1.807) is 4.90 Å². The minimum Gasteiger partial charge on any atom is -0.377 e. The van der Waals surface area contributed by atoms with Gasteiger partial charge >= 0.3 is 0 Å². The number of ether oxygens (including phenoxy) is 1. The number of morpholine rings is 1. The first-order valence-electron chi connectivity index (χ1n) is 7.08. The van der Waals surface area contributed by atoms with Gasteiger partial charge in [0.05, 0.1) is 36.5 Å². The molecule has 1 atom stereocenters. The number of halogens is 1. The lowest BCUT2D eigenvalue weighted by Gasteiger charge is -2.33. The Morgan fingerprint density at radius 1 is 1.50 bits per heavy atom. The Labute approximate surface area is 126 Å². The molecule has 7 heteroatoms. The first-order valence-corrected chi connectivity index (χ1v) is 7.08. The van der Waals surface area contributed by atoms with Crippen LogP contribution in [0.1, 0.15) is 6.92 Å². The molecule has 0 aliphatic carbocycles. The minimum atomic E-state index is -0.503. The molecule has 0 radical (unpaired) electrons. The average Bonchev–Trinajstić information content (AvgIpc) is 2.51. The summed E-state index contributed by atoms with van der Waals surface area (Å²) in [7, 11) is 0. The Hall–Kier alpha value is -2.28. The lowest BCUT2D eigenvalue weighted by molar-refractivity contribution is -0.139. The monoisotopic (exact) mass is 305 g/mol. The Morgan fingerprint density at radius 2 is 2.32 bits per heavy atom. The second-order valence-corrected chi connectivity index (χ2v) is 5.35. The molecule has 1 aromatic heterocycles. The van der Waals surface area contributed by atoms with Crippen molar-refractivity contribution >= 4 is 16.8 Å². The van der Waals surface area contributed by atoms with Gasteiger partial charge in [0.1, 0.15) is 12.4 Å². The molecule has 116 valence electrons. The Balaban J connectivity index is 1.89. The molecule has 0 N–H and O–H groups in total. The van der Waals surface area contributed by atoms with Crippen LogP contribution in [0.5, 0.6) is 0 Å². The third kappa shape index (κ3) is 2.71. The fraction of sp³-hybridized carbons (Fsp3) is 0.400. The fourth-order valence-corrected chi connectivity index (χ4v) is 2.58. The van der Waals surface area contributed by atoms with Crippen LogP contribution in [-0.4, -0.2) is 46.2 Å². The minimum absolute atomic E-state index is 0.0252. The molecule has 2 heterocycles. The average molecular weight is 305 g/mol. The summed E-state index contributed by atoms with van der Waals surface area (Å²) in [4.78, 5) is 30.5. The van der Waals surface area contributed by atoms with Gasteiger partial charge in [0.15, 0.2) is 0 Å². The third-order valence-electron chi connectivity index (χ3n) is 3.78. The number of fused-ring (bicyclic) bond motifs is 1. The van der Waals surface area contributed by atoms with Gasteiger partial charge in [0.25, 0.3) is 5.56 Å². The van der Waals surface area contributed by atoms with E-state index in [0.29, 0.717) is 25.3 Å². The number of nitrogens with zero attached hydrogens (tertiary/aromatic N) is 3. The number of rotatable bonds is 2. The lowest BCUT2D eigenvalue weighted by Crippen LogP contribution is -2.48. The fourth-order valence-electron chi connectivity index (χ4n) is 2.58. The molecule has 1 aromatic carbocycles. The lowest BCUT2D eigenvalue weighted by atomic mass is 10.2. The van der Waals surface area contributed by atoms with E-state index in [-0.39, 0.29) is 23.9 Å². The molecule has 2 aromatic rings. The standard InChI is InChI=1S/C15H16FN3O3/c1-10-8-22-5-4-19(10)14(20)7-18-9-17-13-3-2-11(16)6-12(13)15(18)21/h2-3,6,9-10H,4-5,7-8H2,1H3/t10-/m0/s1. The van der Waals surface area contributed by atoms with Gasteiger partial charge in [-0.15, -0.1) is 0 Å². The SMILES string of the molecule is C[C@H]1COCCN1C(=O)Cn1cnc2ccc(F)cc2c1=O. The molecule has 0 bridgehead atoms. The molecule has 6 nitrogen and oxygen atoms in total. The normalized spacial score (nSPS) is 18.6. The number of hydrogen-bond donors (Lipinski definition) is 0. The molecule has 0 saturated carbocycles. The van der Waals surface area contributed by atoms with Crippen LogP contribution in [0.4, 0.5) is 4.39 Å². The van der Waals surface area contributed by atoms with E-state index in [1.165, 1.54) is 23.0 Å². The van der Waals surface area contributed by atoms with Crippen molar-refractivity contribution in [2.75, 3.05) is 19.8 Å². The van der Waals surface area contributed by atoms with Crippen molar-refractivity contribution < 1.29 is 13.9 Å². The van der Waals surface area contributed by atoms with Crippen molar-refractivity contribution in [1.82, 2.24) is 14.5 Å². The number of benzene rings is 1. The zero-order valence-corrected chi connectivity index (χ0v) is 12.2. The maximum atomic E-state index is 13.3. The molecule has 1 aliphatic heterocycles. The quantitative estimate of drug-likeness (QED) is 0.822. The highest BCUT2D eigenvalue weighted by molar-refractivity contribution is 5.79. The highest BCUT2D eigenvalue weighted by Crippen LogP contribution is 2.10. The summed E-state index contributed by atoms with van der Waals surface area (Å²) in [5.74, 6) is -0.673. The van der Waals surface area contributed by atoms with E-state index in [2.05, 4.69) is 4.98 Å². The number of carbonyl (C=O) groups is 1. The van der Waals surface area contributed by atoms with E-state index in [1.807, 2.05) is 6.92 Å². The molecule has 3 rings (SSSR count). The third-order valence-corrected chi connectivity index (χ3v) is 3.78. The molecule has 22 heavy (non-hydrogen) atoms. The molecule has 1 saturated heterocycles. The number of amides is 1. The van der Waals surface area contributed by atoms with Crippen LogP contribution >= 0.6 is 0 Å². The Kier molecular flexibility index (Phi) is 3.89. The van der Waals surface area contributed by atoms with Crippen LogP contribution in [0, 0.1) is 5.82 Å². The summed E-state index contributed by atoms with van der Waals surface area (Å²) in [5, 5.41) is 0.172. The van der Waals surface area contributed by atoms with Gasteiger partial charge in [0, 0.05) is 6.54 Å². The van der Waals surface area contributed by atoms with Gasteiger partial charge in [0.2, 0.25) is 5.91 Å². The second-order valence-electron chi connectivity index (χ2n) is 5.35. The van der Waals surface area contributed by atoms with Gasteiger partial charge in [-0.3, -0.25) is 14.2 Å². The number of aromatic nitrogens is 2. The summed E-state index contributed by atoms with van der Waals surface area (Å²) in [6.07, 6.45) is 1.32. The molecule has 0 spiro atoms. The van der Waals surface area contributed by atoms with Gasteiger partial charge in [-0.25, -0.2) is 9.37 Å². The number of hydrogen-bond acceptors (Lipinski definition) is 4. The van der Waals surface area contributed by atoms with Crippen molar-refractivity contribution in [1.29, 1.82) is 0 Å². The predicted octanol–water partition coefficient (Wildman–Crippen LogP) is 0.783. The predicted molar refractivity (Wildman–Crippen MR) is 78.0 cm³/mol. The highest BCUT2D eigenvalue weighted by Gasteiger charge is 2.24. The highest BCUT2D eigenvalue weighted by atomic mass is 19.1. The van der Waals surface area contributed by atoms with Crippen LogP contribution in [0.15, 0.2) is 29.3 Å². The van der Waals surface area contributed by atoms with Gasteiger partial charge in [-0.05, 0) is 25.1 Å². The summed E-state index contributed by atoms with van der Waals surface area (Å²) < 4.78 is 19.8. The first kappa shape index (κ1) is 14.6. The molecule has 1 amide bonds. The maximum absolute atomic E-state index is 13.3. The van der Waals surface area contributed by atoms with E-state index in [9.17, 15) is 14.0 Å². The van der Waals surface area contributed by atoms with E-state index in [0.717, 1.165) is 6.07 Å². The second kappa shape index (κ2) is 5.84. The van der Waals surface area contributed by atoms with Crippen molar-refractivity contribution in [2.45, 2.75) is 19.5 Å². The zero-order valence-electron chi connectivity index (χ0n) is 12.2.